The van der Waals surface area contributed by atoms with Gasteiger partial charge in [-0.2, -0.15) is 0 Å². The lowest BCUT2D eigenvalue weighted by molar-refractivity contribution is 0.200. The summed E-state index contributed by atoms with van der Waals surface area (Å²) in [7, 11) is 0. The molecule has 8 heteroatoms. The van der Waals surface area contributed by atoms with Gasteiger partial charge in [0.15, 0.2) is 0 Å². The largest absolute Gasteiger partial charge is 0.465 e. The van der Waals surface area contributed by atoms with E-state index in [-0.39, 0.29) is 22.7 Å². The first-order valence-corrected chi connectivity index (χ1v) is 7.29. The van der Waals surface area contributed by atoms with E-state index in [1.807, 2.05) is 28.2 Å². The minimum absolute atomic E-state index is 0.0604. The predicted octanol–water partition coefficient (Wildman–Crippen LogP) is 3.47. The Morgan fingerprint density at radius 1 is 1.42 bits per heavy atom. The van der Waals surface area contributed by atoms with Crippen LogP contribution in [0, 0.1) is 11.2 Å². The number of rotatable bonds is 3. The predicted molar refractivity (Wildman–Crippen MR) is 88.2 cm³/mol. The minimum atomic E-state index is -1.40. The molecule has 0 fully saturated rings. The van der Waals surface area contributed by atoms with E-state index < -0.39 is 17.7 Å². The van der Waals surface area contributed by atoms with Gasteiger partial charge in [0, 0.05) is 40.1 Å². The molecule has 3 N–H and O–H groups in total. The minimum Gasteiger partial charge on any atom is -0.465 e. The highest BCUT2D eigenvalue weighted by molar-refractivity contribution is 6.31. The van der Waals surface area contributed by atoms with Gasteiger partial charge in [-0.25, -0.2) is 9.18 Å². The van der Waals surface area contributed by atoms with Gasteiger partial charge in [0.25, 0.3) is 0 Å². The van der Waals surface area contributed by atoms with Gasteiger partial charge in [-0.05, 0) is 24.3 Å². The number of hydrogen-bond donors (Lipinski definition) is 3. The van der Waals surface area contributed by atoms with Crippen molar-refractivity contribution in [1.82, 2.24) is 14.9 Å². The zero-order valence-corrected chi connectivity index (χ0v) is 13.0. The molecular weight excluding hydrogens is 335 g/mol. The summed E-state index contributed by atoms with van der Waals surface area (Å²) in [6.07, 6.45) is 3.78. The van der Waals surface area contributed by atoms with E-state index in [1.54, 1.807) is 12.4 Å². The maximum absolute atomic E-state index is 14.4. The number of halogens is 2. The van der Waals surface area contributed by atoms with Gasteiger partial charge in [-0.15, -0.1) is 0 Å². The second-order valence-electron chi connectivity index (χ2n) is 5.10. The van der Waals surface area contributed by atoms with Crippen molar-refractivity contribution in [3.8, 4) is 0 Å². The Kier molecular flexibility index (Phi) is 4.18. The summed E-state index contributed by atoms with van der Waals surface area (Å²) in [6, 6.07) is 6.15. The van der Waals surface area contributed by atoms with Crippen molar-refractivity contribution in [3.63, 3.8) is 0 Å². The summed E-state index contributed by atoms with van der Waals surface area (Å²) in [4.78, 5) is 14.6. The quantitative estimate of drug-likeness (QED) is 0.501. The number of amidine groups is 1. The second kappa shape index (κ2) is 6.29. The van der Waals surface area contributed by atoms with E-state index in [4.69, 9.17) is 22.1 Å². The van der Waals surface area contributed by atoms with Crippen LogP contribution in [0.15, 0.2) is 42.9 Å². The van der Waals surface area contributed by atoms with Crippen LogP contribution in [0.25, 0.3) is 10.9 Å². The van der Waals surface area contributed by atoms with E-state index in [0.717, 1.165) is 17.0 Å². The summed E-state index contributed by atoms with van der Waals surface area (Å²) >= 11 is 6.15. The lowest BCUT2D eigenvalue weighted by atomic mass is 10.1. The van der Waals surface area contributed by atoms with Crippen LogP contribution < -0.4 is 5.32 Å². The molecule has 0 atom stereocenters. The molecular formula is C16H12ClFN4O2. The molecule has 0 aliphatic carbocycles. The monoisotopic (exact) mass is 346 g/mol. The average Bonchev–Trinajstić information content (AvgIpc) is 2.93. The van der Waals surface area contributed by atoms with Gasteiger partial charge in [-0.1, -0.05) is 11.6 Å². The van der Waals surface area contributed by atoms with Gasteiger partial charge in [0.05, 0.1) is 12.1 Å². The number of fused-ring (bicyclic) bond motifs is 1. The molecule has 3 aromatic rings. The summed E-state index contributed by atoms with van der Waals surface area (Å²) in [5.74, 6) is -1.04. The molecule has 0 saturated heterocycles. The normalized spacial score (nSPS) is 10.8. The molecule has 0 aliphatic rings. The molecule has 0 bridgehead atoms. The SMILES string of the molecule is N=C(NC(=O)O)c1cc(F)c(Cn2ccc3cnccc32)c(Cl)c1. The maximum atomic E-state index is 14.4. The van der Waals surface area contributed by atoms with Gasteiger partial charge in [0.1, 0.15) is 11.7 Å². The summed E-state index contributed by atoms with van der Waals surface area (Å²) < 4.78 is 16.3. The molecule has 0 saturated carbocycles. The third-order valence-corrected chi connectivity index (χ3v) is 3.90. The number of nitrogens with zero attached hydrogens (tertiary/aromatic N) is 2. The Morgan fingerprint density at radius 3 is 2.92 bits per heavy atom. The molecule has 0 radical (unpaired) electrons. The molecule has 122 valence electrons. The number of pyridine rings is 1. The first-order chi connectivity index (χ1) is 11.5. The van der Waals surface area contributed by atoms with Crippen molar-refractivity contribution < 1.29 is 14.3 Å². The highest BCUT2D eigenvalue weighted by Crippen LogP contribution is 2.25. The molecule has 2 aromatic heterocycles. The molecule has 0 aliphatic heterocycles. The molecule has 3 rings (SSSR count). The van der Waals surface area contributed by atoms with Crippen LogP contribution in [0.5, 0.6) is 0 Å². The summed E-state index contributed by atoms with van der Waals surface area (Å²) in [5, 5.41) is 19.1. The molecule has 2 heterocycles. The van der Waals surface area contributed by atoms with Crippen LogP contribution in [0.4, 0.5) is 9.18 Å². The molecule has 1 aromatic carbocycles. The van der Waals surface area contributed by atoms with Crippen LogP contribution >= 0.6 is 11.6 Å². The molecule has 1 amide bonds. The number of amides is 1. The molecule has 0 unspecified atom stereocenters. The Morgan fingerprint density at radius 2 is 2.21 bits per heavy atom. The van der Waals surface area contributed by atoms with E-state index >= 15 is 0 Å². The molecule has 6 nitrogen and oxygen atoms in total. The smallest absolute Gasteiger partial charge is 0.410 e. The molecule has 0 spiro atoms. The van der Waals surface area contributed by atoms with Crippen molar-refractivity contribution in [2.75, 3.05) is 0 Å². The van der Waals surface area contributed by atoms with Crippen LogP contribution in [0.1, 0.15) is 11.1 Å². The Bertz CT molecular complexity index is 931. The van der Waals surface area contributed by atoms with Gasteiger partial charge in [-0.3, -0.25) is 15.7 Å². The van der Waals surface area contributed by atoms with E-state index in [1.165, 1.54) is 6.07 Å². The number of hydrogen-bond acceptors (Lipinski definition) is 3. The van der Waals surface area contributed by atoms with E-state index in [9.17, 15) is 9.18 Å². The van der Waals surface area contributed by atoms with Crippen LogP contribution in [-0.2, 0) is 6.54 Å². The highest BCUT2D eigenvalue weighted by Gasteiger charge is 2.14. The Balaban J connectivity index is 1.94. The number of aromatic nitrogens is 2. The summed E-state index contributed by atoms with van der Waals surface area (Å²) in [6.45, 7) is 0.207. The van der Waals surface area contributed by atoms with E-state index in [2.05, 4.69) is 4.98 Å². The molecule has 24 heavy (non-hydrogen) atoms. The van der Waals surface area contributed by atoms with Crippen molar-refractivity contribution in [3.05, 3.63) is 64.8 Å². The third kappa shape index (κ3) is 3.07. The maximum Gasteiger partial charge on any atom is 0.410 e. The topological polar surface area (TPSA) is 91.0 Å². The van der Waals surface area contributed by atoms with Crippen molar-refractivity contribution >= 4 is 34.4 Å². The van der Waals surface area contributed by atoms with Crippen LogP contribution in [0.3, 0.4) is 0 Å². The number of carboxylic acid groups (broad SMARTS) is 1. The standard InChI is InChI=1S/C16H12ClFN4O2/c17-12-5-10(15(19)21-16(23)24)6-13(18)11(12)8-22-4-2-9-7-20-3-1-14(9)22/h1-7H,8H2,(H2,19,21)(H,23,24). The van der Waals surface area contributed by atoms with Crippen molar-refractivity contribution in [2.24, 2.45) is 0 Å². The average molecular weight is 347 g/mol. The Hall–Kier alpha value is -2.93. The van der Waals surface area contributed by atoms with Crippen LogP contribution in [-0.4, -0.2) is 26.6 Å². The number of carbonyl (C=O) groups is 1. The second-order valence-corrected chi connectivity index (χ2v) is 5.51. The zero-order chi connectivity index (χ0) is 17.3. The fraction of sp³-hybridized carbons (Fsp3) is 0.0625. The van der Waals surface area contributed by atoms with Gasteiger partial charge >= 0.3 is 6.09 Å². The first kappa shape index (κ1) is 15.9. The lowest BCUT2D eigenvalue weighted by Crippen LogP contribution is -2.28. The zero-order valence-electron chi connectivity index (χ0n) is 12.3. The van der Waals surface area contributed by atoms with Crippen molar-refractivity contribution in [1.29, 1.82) is 5.41 Å². The lowest BCUT2D eigenvalue weighted by Gasteiger charge is -2.11. The van der Waals surface area contributed by atoms with Gasteiger partial charge < -0.3 is 9.67 Å². The number of nitrogens with one attached hydrogen (secondary N) is 2. The highest BCUT2D eigenvalue weighted by atomic mass is 35.5. The Labute approximate surface area is 141 Å². The van der Waals surface area contributed by atoms with E-state index in [0.29, 0.717) is 0 Å². The third-order valence-electron chi connectivity index (χ3n) is 3.56. The fourth-order valence-corrected chi connectivity index (χ4v) is 2.69. The van der Waals surface area contributed by atoms with Crippen molar-refractivity contribution in [2.45, 2.75) is 6.54 Å². The first-order valence-electron chi connectivity index (χ1n) is 6.91. The summed E-state index contributed by atoms with van der Waals surface area (Å²) in [5.41, 5.74) is 1.22. The number of benzene rings is 1. The van der Waals surface area contributed by atoms with Gasteiger partial charge in [0.2, 0.25) is 0 Å². The fourth-order valence-electron chi connectivity index (χ4n) is 2.43. The van der Waals surface area contributed by atoms with Crippen LogP contribution in [0.2, 0.25) is 5.02 Å².